The third-order valence-corrected chi connectivity index (χ3v) is 9.90. The van der Waals surface area contributed by atoms with E-state index in [1.54, 1.807) is 12.1 Å². The summed E-state index contributed by atoms with van der Waals surface area (Å²) < 4.78 is 25.7. The Bertz CT molecular complexity index is 603. The van der Waals surface area contributed by atoms with Crippen molar-refractivity contribution in [2.75, 3.05) is 18.1 Å². The number of hydrogen-bond donors (Lipinski definition) is 0. The Kier molecular flexibility index (Phi) is 5.42. The smallest absolute Gasteiger partial charge is 0.414 e. The number of carbonyl (C=O) groups excluding carboxylic acids is 1. The van der Waals surface area contributed by atoms with Crippen molar-refractivity contribution in [2.45, 2.75) is 45.0 Å². The van der Waals surface area contributed by atoms with Crippen molar-refractivity contribution in [2.24, 2.45) is 0 Å². The van der Waals surface area contributed by atoms with Crippen molar-refractivity contribution in [3.05, 3.63) is 27.6 Å². The van der Waals surface area contributed by atoms with Gasteiger partial charge in [-0.2, -0.15) is 0 Å². The Labute approximate surface area is 151 Å². The summed E-state index contributed by atoms with van der Waals surface area (Å²) in [7, 11) is -1.88. The first kappa shape index (κ1) is 18.7. The van der Waals surface area contributed by atoms with Gasteiger partial charge in [-0.05, 0) is 58.9 Å². The highest BCUT2D eigenvalue weighted by molar-refractivity contribution is 14.1. The first-order valence-corrected chi connectivity index (χ1v) is 11.6. The molecule has 128 valence electrons. The van der Waals surface area contributed by atoms with Crippen molar-refractivity contribution < 1.29 is 18.3 Å². The van der Waals surface area contributed by atoms with Crippen molar-refractivity contribution >= 4 is 42.7 Å². The first-order chi connectivity index (χ1) is 10.5. The van der Waals surface area contributed by atoms with E-state index in [0.29, 0.717) is 22.4 Å². The summed E-state index contributed by atoms with van der Waals surface area (Å²) >= 11 is 1.92. The minimum atomic E-state index is -1.88. The average molecular weight is 451 g/mol. The van der Waals surface area contributed by atoms with Crippen LogP contribution in [0.15, 0.2) is 18.2 Å². The van der Waals surface area contributed by atoms with Crippen LogP contribution in [-0.4, -0.2) is 33.7 Å². The zero-order chi connectivity index (χ0) is 17.4. The Morgan fingerprint density at radius 2 is 2.09 bits per heavy atom. The third kappa shape index (κ3) is 4.24. The van der Waals surface area contributed by atoms with E-state index < -0.39 is 14.4 Å². The van der Waals surface area contributed by atoms with Gasteiger partial charge in [0.15, 0.2) is 8.32 Å². The molecule has 0 spiro atoms. The molecule has 7 heteroatoms. The lowest BCUT2D eigenvalue weighted by molar-refractivity contribution is 0.0997. The predicted molar refractivity (Wildman–Crippen MR) is 99.9 cm³/mol. The SMILES string of the molecule is CC(C)(C)[Si](C)(C)OC[C@H]1CN(c2ccc(I)c(F)c2)C(=O)O1. The molecule has 0 bridgehead atoms. The number of ether oxygens (including phenoxy) is 1. The highest BCUT2D eigenvalue weighted by Crippen LogP contribution is 2.37. The fourth-order valence-electron chi connectivity index (χ4n) is 1.99. The van der Waals surface area contributed by atoms with Gasteiger partial charge in [-0.1, -0.05) is 20.8 Å². The predicted octanol–water partition coefficient (Wildman–Crippen LogP) is 4.78. The summed E-state index contributed by atoms with van der Waals surface area (Å²) in [6, 6.07) is 4.74. The van der Waals surface area contributed by atoms with Gasteiger partial charge in [0.1, 0.15) is 11.9 Å². The Hall–Kier alpha value is -0.673. The number of halogens is 2. The first-order valence-electron chi connectivity index (χ1n) is 7.58. The number of carbonyl (C=O) groups is 1. The number of amides is 1. The molecule has 0 radical (unpaired) electrons. The van der Waals surface area contributed by atoms with E-state index in [0.717, 1.165) is 0 Å². The van der Waals surface area contributed by atoms with Crippen LogP contribution in [0.1, 0.15) is 20.8 Å². The number of anilines is 1. The molecule has 1 saturated heterocycles. The van der Waals surface area contributed by atoms with Gasteiger partial charge < -0.3 is 9.16 Å². The van der Waals surface area contributed by atoms with Crippen molar-refractivity contribution in [1.82, 2.24) is 0 Å². The summed E-state index contributed by atoms with van der Waals surface area (Å²) in [6.07, 6.45) is -0.770. The average Bonchev–Trinajstić information content (AvgIpc) is 2.80. The van der Waals surface area contributed by atoms with Crippen LogP contribution < -0.4 is 4.90 Å². The van der Waals surface area contributed by atoms with Crippen molar-refractivity contribution in [3.63, 3.8) is 0 Å². The molecule has 1 fully saturated rings. The monoisotopic (exact) mass is 451 g/mol. The topological polar surface area (TPSA) is 38.8 Å². The highest BCUT2D eigenvalue weighted by atomic mass is 127. The molecule has 0 N–H and O–H groups in total. The molecule has 0 aromatic heterocycles. The molecule has 2 rings (SSSR count). The lowest BCUT2D eigenvalue weighted by atomic mass is 10.2. The van der Waals surface area contributed by atoms with Gasteiger partial charge in [0.25, 0.3) is 0 Å². The molecular weight excluding hydrogens is 428 g/mol. The summed E-state index contributed by atoms with van der Waals surface area (Å²) in [5.74, 6) is -0.336. The summed E-state index contributed by atoms with van der Waals surface area (Å²) in [4.78, 5) is 13.5. The zero-order valence-corrected chi connectivity index (χ0v) is 17.3. The molecule has 0 saturated carbocycles. The molecule has 1 amide bonds. The summed E-state index contributed by atoms with van der Waals surface area (Å²) in [5, 5.41) is 0.106. The van der Waals surface area contributed by atoms with Crippen molar-refractivity contribution in [1.29, 1.82) is 0 Å². The summed E-state index contributed by atoms with van der Waals surface area (Å²) in [6.45, 7) is 11.6. The van der Waals surface area contributed by atoms with E-state index >= 15 is 0 Å². The van der Waals surface area contributed by atoms with Crippen LogP contribution in [0.25, 0.3) is 0 Å². The molecular formula is C16H23FINO3Si. The Morgan fingerprint density at radius 3 is 2.65 bits per heavy atom. The quantitative estimate of drug-likeness (QED) is 0.489. The fraction of sp³-hybridized carbons (Fsp3) is 0.562. The van der Waals surface area contributed by atoms with Crippen LogP contribution in [0.5, 0.6) is 0 Å². The fourth-order valence-corrected chi connectivity index (χ4v) is 3.36. The number of rotatable bonds is 4. The summed E-state index contributed by atoms with van der Waals surface area (Å²) in [5.41, 5.74) is 0.516. The molecule has 1 aliphatic heterocycles. The lowest BCUT2D eigenvalue weighted by Crippen LogP contribution is -2.43. The van der Waals surface area contributed by atoms with E-state index in [1.807, 2.05) is 22.6 Å². The maximum Gasteiger partial charge on any atom is 0.414 e. The second-order valence-corrected chi connectivity index (χ2v) is 13.3. The highest BCUT2D eigenvalue weighted by Gasteiger charge is 2.40. The van der Waals surface area contributed by atoms with Crippen molar-refractivity contribution in [3.8, 4) is 0 Å². The van der Waals surface area contributed by atoms with Crippen LogP contribution in [0.2, 0.25) is 18.1 Å². The second-order valence-electron chi connectivity index (χ2n) is 7.29. The van der Waals surface area contributed by atoms with E-state index in [2.05, 4.69) is 33.9 Å². The maximum atomic E-state index is 13.7. The van der Waals surface area contributed by atoms with Gasteiger partial charge in [0.2, 0.25) is 0 Å². The number of cyclic esters (lactones) is 1. The van der Waals surface area contributed by atoms with Crippen LogP contribution in [0.4, 0.5) is 14.9 Å². The van der Waals surface area contributed by atoms with Crippen LogP contribution in [-0.2, 0) is 9.16 Å². The molecule has 0 aliphatic carbocycles. The third-order valence-electron chi connectivity index (χ3n) is 4.53. The number of hydrogen-bond acceptors (Lipinski definition) is 3. The van der Waals surface area contributed by atoms with E-state index in [1.165, 1.54) is 11.0 Å². The van der Waals surface area contributed by atoms with Gasteiger partial charge in [-0.3, -0.25) is 4.90 Å². The van der Waals surface area contributed by atoms with E-state index in [-0.39, 0.29) is 17.0 Å². The van der Waals surface area contributed by atoms with Crippen LogP contribution in [0, 0.1) is 9.39 Å². The second kappa shape index (κ2) is 6.68. The molecule has 0 unspecified atom stereocenters. The van der Waals surface area contributed by atoms with Gasteiger partial charge in [0.05, 0.1) is 18.8 Å². The van der Waals surface area contributed by atoms with Gasteiger partial charge in [-0.25, -0.2) is 9.18 Å². The molecule has 1 aromatic rings. The molecule has 23 heavy (non-hydrogen) atoms. The van der Waals surface area contributed by atoms with Crippen LogP contribution >= 0.6 is 22.6 Å². The number of nitrogens with zero attached hydrogens (tertiary/aromatic N) is 1. The molecule has 1 atom stereocenters. The van der Waals surface area contributed by atoms with Gasteiger partial charge in [-0.15, -0.1) is 0 Å². The minimum absolute atomic E-state index is 0.106. The van der Waals surface area contributed by atoms with Gasteiger partial charge in [0, 0.05) is 3.57 Å². The van der Waals surface area contributed by atoms with E-state index in [4.69, 9.17) is 9.16 Å². The number of benzene rings is 1. The molecule has 1 aromatic carbocycles. The maximum absolute atomic E-state index is 13.7. The molecule has 1 aliphatic rings. The van der Waals surface area contributed by atoms with Gasteiger partial charge >= 0.3 is 6.09 Å². The Balaban J connectivity index is 2.01. The largest absolute Gasteiger partial charge is 0.442 e. The standard InChI is InChI=1S/C16H23FINO3Si/c1-16(2,3)23(4,5)21-10-12-9-19(15(20)22-12)11-6-7-14(18)13(17)8-11/h6-8,12H,9-10H2,1-5H3/t12-/m1/s1. The molecule has 1 heterocycles. The zero-order valence-electron chi connectivity index (χ0n) is 14.2. The molecule has 4 nitrogen and oxygen atoms in total. The van der Waals surface area contributed by atoms with E-state index in [9.17, 15) is 9.18 Å². The minimum Gasteiger partial charge on any atom is -0.442 e. The normalized spacial score (nSPS) is 19.2. The van der Waals surface area contributed by atoms with Crippen LogP contribution in [0.3, 0.4) is 0 Å². The Morgan fingerprint density at radius 1 is 1.43 bits per heavy atom. The lowest BCUT2D eigenvalue weighted by Gasteiger charge is -2.36.